The van der Waals surface area contributed by atoms with Gasteiger partial charge in [-0.25, -0.2) is 5.01 Å². The first-order chi connectivity index (χ1) is 10.7. The monoisotopic (exact) mass is 296 g/mol. The highest BCUT2D eigenvalue weighted by Crippen LogP contribution is 2.35. The maximum Gasteiger partial charge on any atom is 0.265 e. The number of hydrogen-bond donors (Lipinski definition) is 2. The Kier molecular flexibility index (Phi) is 4.11. The molecule has 0 saturated carbocycles. The van der Waals surface area contributed by atoms with Crippen LogP contribution in [0.15, 0.2) is 48.5 Å². The minimum atomic E-state index is -0.0981. The molecule has 1 aliphatic rings. The van der Waals surface area contributed by atoms with Crippen LogP contribution in [0.5, 0.6) is 5.75 Å². The third-order valence-corrected chi connectivity index (χ3v) is 4.17. The molecule has 1 heterocycles. The van der Waals surface area contributed by atoms with Crippen molar-refractivity contribution in [3.05, 3.63) is 65.2 Å². The molecule has 0 aliphatic carbocycles. The summed E-state index contributed by atoms with van der Waals surface area (Å²) < 4.78 is 0. The van der Waals surface area contributed by atoms with Crippen molar-refractivity contribution in [1.82, 2.24) is 10.4 Å². The number of benzene rings is 2. The average Bonchev–Trinajstić information content (AvgIpc) is 2.55. The molecular weight excluding hydrogens is 276 g/mol. The third-order valence-electron chi connectivity index (χ3n) is 4.17. The number of fused-ring (bicyclic) bond motifs is 1. The SMILES string of the molecule is CCC1CN(NC(=O)c2ccccc2)Cc2cccc(O)c21. The van der Waals surface area contributed by atoms with Gasteiger partial charge in [0.2, 0.25) is 0 Å². The molecular formula is C18H20N2O2. The highest BCUT2D eigenvalue weighted by Gasteiger charge is 2.27. The maximum absolute atomic E-state index is 12.3. The van der Waals surface area contributed by atoms with E-state index in [1.807, 2.05) is 35.3 Å². The fourth-order valence-corrected chi connectivity index (χ4v) is 3.05. The molecule has 1 amide bonds. The van der Waals surface area contributed by atoms with E-state index in [1.54, 1.807) is 18.2 Å². The van der Waals surface area contributed by atoms with Crippen LogP contribution >= 0.6 is 0 Å². The van der Waals surface area contributed by atoms with Crippen molar-refractivity contribution in [3.63, 3.8) is 0 Å². The summed E-state index contributed by atoms with van der Waals surface area (Å²) in [5, 5.41) is 12.0. The molecule has 22 heavy (non-hydrogen) atoms. The zero-order valence-corrected chi connectivity index (χ0v) is 12.6. The number of rotatable bonds is 3. The minimum absolute atomic E-state index is 0.0981. The van der Waals surface area contributed by atoms with Crippen molar-refractivity contribution in [2.24, 2.45) is 0 Å². The molecule has 1 unspecified atom stereocenters. The Morgan fingerprint density at radius 1 is 1.23 bits per heavy atom. The molecule has 0 aromatic heterocycles. The normalized spacial score (nSPS) is 17.8. The molecule has 2 aromatic carbocycles. The van der Waals surface area contributed by atoms with Crippen LogP contribution in [-0.4, -0.2) is 22.6 Å². The van der Waals surface area contributed by atoms with Gasteiger partial charge in [-0.3, -0.25) is 10.2 Å². The molecule has 114 valence electrons. The molecule has 1 atom stereocenters. The molecule has 4 heteroatoms. The fraction of sp³-hybridized carbons (Fsp3) is 0.278. The van der Waals surface area contributed by atoms with Gasteiger partial charge in [0.15, 0.2) is 0 Å². The van der Waals surface area contributed by atoms with E-state index in [0.29, 0.717) is 24.4 Å². The van der Waals surface area contributed by atoms with Crippen LogP contribution < -0.4 is 5.43 Å². The van der Waals surface area contributed by atoms with Gasteiger partial charge in [0.05, 0.1) is 0 Å². The standard InChI is InChI=1S/C18H20N2O2/c1-2-13-11-20(12-15-9-6-10-16(21)17(13)15)19-18(22)14-7-4-3-5-8-14/h3-10,13,21H,2,11-12H2,1H3,(H,19,22). The molecule has 0 spiro atoms. The smallest absolute Gasteiger partial charge is 0.265 e. The lowest BCUT2D eigenvalue weighted by molar-refractivity contribution is 0.0739. The lowest BCUT2D eigenvalue weighted by Crippen LogP contribution is -2.46. The van der Waals surface area contributed by atoms with E-state index >= 15 is 0 Å². The number of phenols is 1. The van der Waals surface area contributed by atoms with Crippen LogP contribution in [0.4, 0.5) is 0 Å². The Balaban J connectivity index is 1.79. The predicted octanol–water partition coefficient (Wildman–Crippen LogP) is 3.05. The second-order valence-electron chi connectivity index (χ2n) is 5.64. The van der Waals surface area contributed by atoms with Crippen molar-refractivity contribution < 1.29 is 9.90 Å². The van der Waals surface area contributed by atoms with Gasteiger partial charge in [-0.15, -0.1) is 0 Å². The summed E-state index contributed by atoms with van der Waals surface area (Å²) in [6.45, 7) is 3.42. The van der Waals surface area contributed by atoms with Gasteiger partial charge >= 0.3 is 0 Å². The van der Waals surface area contributed by atoms with Crippen LogP contribution in [0.1, 0.15) is 40.7 Å². The predicted molar refractivity (Wildman–Crippen MR) is 85.5 cm³/mol. The lowest BCUT2D eigenvalue weighted by atomic mass is 9.88. The number of nitrogens with zero attached hydrogens (tertiary/aromatic N) is 1. The second-order valence-corrected chi connectivity index (χ2v) is 5.64. The highest BCUT2D eigenvalue weighted by atomic mass is 16.3. The number of hydrogen-bond acceptors (Lipinski definition) is 3. The largest absolute Gasteiger partial charge is 0.508 e. The zero-order valence-electron chi connectivity index (χ0n) is 12.6. The summed E-state index contributed by atoms with van der Waals surface area (Å²) in [5.74, 6) is 0.485. The van der Waals surface area contributed by atoms with Crippen molar-refractivity contribution in [3.8, 4) is 5.75 Å². The quantitative estimate of drug-likeness (QED) is 0.915. The van der Waals surface area contributed by atoms with Gasteiger partial charge in [-0.2, -0.15) is 0 Å². The van der Waals surface area contributed by atoms with E-state index in [4.69, 9.17) is 0 Å². The number of phenolic OH excluding ortho intramolecular Hbond substituents is 1. The van der Waals surface area contributed by atoms with Gasteiger partial charge in [0.1, 0.15) is 5.75 Å². The molecule has 0 radical (unpaired) electrons. The van der Waals surface area contributed by atoms with Crippen LogP contribution in [0.25, 0.3) is 0 Å². The topological polar surface area (TPSA) is 52.6 Å². The second kappa shape index (κ2) is 6.20. The Morgan fingerprint density at radius 3 is 2.73 bits per heavy atom. The number of carbonyl (C=O) groups is 1. The Hall–Kier alpha value is -2.33. The van der Waals surface area contributed by atoms with Crippen molar-refractivity contribution in [2.45, 2.75) is 25.8 Å². The zero-order chi connectivity index (χ0) is 15.5. The molecule has 1 aliphatic heterocycles. The van der Waals surface area contributed by atoms with E-state index in [9.17, 15) is 9.90 Å². The molecule has 2 N–H and O–H groups in total. The first-order valence-corrected chi connectivity index (χ1v) is 7.60. The summed E-state index contributed by atoms with van der Waals surface area (Å²) in [4.78, 5) is 12.3. The fourth-order valence-electron chi connectivity index (χ4n) is 3.05. The van der Waals surface area contributed by atoms with Crippen LogP contribution in [0.3, 0.4) is 0 Å². The maximum atomic E-state index is 12.3. The lowest BCUT2D eigenvalue weighted by Gasteiger charge is -2.34. The molecule has 0 bridgehead atoms. The molecule has 4 nitrogen and oxygen atoms in total. The summed E-state index contributed by atoms with van der Waals surface area (Å²) in [5.41, 5.74) is 5.72. The average molecular weight is 296 g/mol. The van der Waals surface area contributed by atoms with E-state index in [-0.39, 0.29) is 11.8 Å². The van der Waals surface area contributed by atoms with Crippen LogP contribution in [0.2, 0.25) is 0 Å². The van der Waals surface area contributed by atoms with E-state index in [1.165, 1.54) is 0 Å². The Morgan fingerprint density at radius 2 is 2.00 bits per heavy atom. The van der Waals surface area contributed by atoms with E-state index in [0.717, 1.165) is 17.5 Å². The number of amides is 1. The number of nitrogens with one attached hydrogen (secondary N) is 1. The van der Waals surface area contributed by atoms with E-state index in [2.05, 4.69) is 12.3 Å². The van der Waals surface area contributed by atoms with Gasteiger partial charge in [0, 0.05) is 30.1 Å². The van der Waals surface area contributed by atoms with Crippen molar-refractivity contribution in [1.29, 1.82) is 0 Å². The third kappa shape index (κ3) is 2.83. The molecule has 2 aromatic rings. The van der Waals surface area contributed by atoms with Gasteiger partial charge in [-0.05, 0) is 30.2 Å². The minimum Gasteiger partial charge on any atom is -0.508 e. The summed E-state index contributed by atoms with van der Waals surface area (Å²) in [6, 6.07) is 14.8. The molecule has 0 saturated heterocycles. The Labute approximate surface area is 130 Å². The number of carbonyl (C=O) groups excluding carboxylic acids is 1. The molecule has 0 fully saturated rings. The summed E-state index contributed by atoms with van der Waals surface area (Å²) >= 11 is 0. The molecule has 3 rings (SSSR count). The summed E-state index contributed by atoms with van der Waals surface area (Å²) in [7, 11) is 0. The van der Waals surface area contributed by atoms with Gasteiger partial charge < -0.3 is 5.11 Å². The number of hydrazine groups is 1. The van der Waals surface area contributed by atoms with Crippen LogP contribution in [-0.2, 0) is 6.54 Å². The van der Waals surface area contributed by atoms with Gasteiger partial charge in [0.25, 0.3) is 5.91 Å². The van der Waals surface area contributed by atoms with Gasteiger partial charge in [-0.1, -0.05) is 37.3 Å². The Bertz CT molecular complexity index is 670. The number of aromatic hydroxyl groups is 1. The van der Waals surface area contributed by atoms with E-state index < -0.39 is 0 Å². The first-order valence-electron chi connectivity index (χ1n) is 7.60. The summed E-state index contributed by atoms with van der Waals surface area (Å²) in [6.07, 6.45) is 0.919. The van der Waals surface area contributed by atoms with Crippen LogP contribution in [0, 0.1) is 0 Å². The highest BCUT2D eigenvalue weighted by molar-refractivity contribution is 5.93. The van der Waals surface area contributed by atoms with Crippen molar-refractivity contribution >= 4 is 5.91 Å². The van der Waals surface area contributed by atoms with Crippen molar-refractivity contribution in [2.75, 3.05) is 6.54 Å². The first kappa shape index (κ1) is 14.6.